The summed E-state index contributed by atoms with van der Waals surface area (Å²) in [7, 11) is -2.17. The number of ether oxygens (including phenoxy) is 1. The molecule has 1 saturated carbocycles. The summed E-state index contributed by atoms with van der Waals surface area (Å²) in [5.41, 5.74) is 0.462. The molecule has 0 aliphatic heterocycles. The zero-order valence-electron chi connectivity index (χ0n) is 12.0. The van der Waals surface area contributed by atoms with Crippen molar-refractivity contribution in [2.24, 2.45) is 5.92 Å². The van der Waals surface area contributed by atoms with Crippen molar-refractivity contribution in [3.05, 3.63) is 16.5 Å². The molecule has 0 atom stereocenters. The number of thiophene rings is 1. The standard InChI is InChI=1S/C13H19NO5S2/c1-9-7-11(20-12(9)13(15)16)21(17,18)14(2)5-6-19-8-10-3-4-10/h7,10H,3-6,8H2,1-2H3,(H,15,16). The topological polar surface area (TPSA) is 83.9 Å². The minimum Gasteiger partial charge on any atom is -0.477 e. The second-order valence-corrected chi connectivity index (χ2v) is 8.55. The summed E-state index contributed by atoms with van der Waals surface area (Å²) in [6.45, 7) is 2.89. The van der Waals surface area contributed by atoms with Crippen LogP contribution in [0.1, 0.15) is 28.1 Å². The first-order chi connectivity index (χ1) is 9.82. The second kappa shape index (κ2) is 6.43. The molecule has 0 saturated heterocycles. The number of sulfonamides is 1. The first-order valence-electron chi connectivity index (χ1n) is 6.70. The van der Waals surface area contributed by atoms with E-state index in [9.17, 15) is 13.2 Å². The number of rotatable bonds is 8. The summed E-state index contributed by atoms with van der Waals surface area (Å²) in [5, 5.41) is 9.00. The summed E-state index contributed by atoms with van der Waals surface area (Å²) in [5.74, 6) is -0.459. The predicted molar refractivity (Wildman–Crippen MR) is 79.4 cm³/mol. The van der Waals surface area contributed by atoms with Crippen LogP contribution in [0, 0.1) is 12.8 Å². The van der Waals surface area contributed by atoms with Crippen LogP contribution in [0.15, 0.2) is 10.3 Å². The second-order valence-electron chi connectivity index (χ2n) is 5.23. The molecule has 8 heteroatoms. The molecule has 1 aliphatic rings. The monoisotopic (exact) mass is 333 g/mol. The van der Waals surface area contributed by atoms with E-state index >= 15 is 0 Å². The summed E-state index contributed by atoms with van der Waals surface area (Å²) < 4.78 is 31.4. The molecule has 1 N–H and O–H groups in total. The first-order valence-corrected chi connectivity index (χ1v) is 8.96. The highest BCUT2D eigenvalue weighted by Gasteiger charge is 2.26. The minimum atomic E-state index is -3.65. The van der Waals surface area contributed by atoms with Gasteiger partial charge in [0.2, 0.25) is 0 Å². The lowest BCUT2D eigenvalue weighted by molar-refractivity contribution is 0.0701. The Kier molecular flexibility index (Phi) is 5.03. The third kappa shape index (κ3) is 4.03. The predicted octanol–water partition coefficient (Wildman–Crippen LogP) is 1.80. The Balaban J connectivity index is 1.98. The highest BCUT2D eigenvalue weighted by Crippen LogP contribution is 2.29. The van der Waals surface area contributed by atoms with Gasteiger partial charge in [0, 0.05) is 20.2 Å². The number of carbonyl (C=O) groups is 1. The molecular formula is C13H19NO5S2. The van der Waals surface area contributed by atoms with Crippen molar-refractivity contribution < 1.29 is 23.1 Å². The average molecular weight is 333 g/mol. The molecule has 1 aromatic rings. The van der Waals surface area contributed by atoms with Crippen molar-refractivity contribution in [2.75, 3.05) is 26.8 Å². The van der Waals surface area contributed by atoms with E-state index in [0.717, 1.165) is 11.3 Å². The number of carboxylic acid groups (broad SMARTS) is 1. The molecular weight excluding hydrogens is 314 g/mol. The molecule has 6 nitrogen and oxygen atoms in total. The number of aromatic carboxylic acids is 1. The Labute approximate surface area is 128 Å². The van der Waals surface area contributed by atoms with Gasteiger partial charge in [0.15, 0.2) is 0 Å². The first kappa shape index (κ1) is 16.4. The van der Waals surface area contributed by atoms with Crippen LogP contribution in [0.4, 0.5) is 0 Å². The SMILES string of the molecule is Cc1cc(S(=O)(=O)N(C)CCOCC2CC2)sc1C(=O)O. The molecule has 1 heterocycles. The van der Waals surface area contributed by atoms with Crippen molar-refractivity contribution in [3.63, 3.8) is 0 Å². The van der Waals surface area contributed by atoms with Crippen LogP contribution in [0.2, 0.25) is 0 Å². The molecule has 1 aliphatic carbocycles. The largest absolute Gasteiger partial charge is 0.477 e. The van der Waals surface area contributed by atoms with Crippen LogP contribution in [0.25, 0.3) is 0 Å². The maximum Gasteiger partial charge on any atom is 0.346 e. The molecule has 21 heavy (non-hydrogen) atoms. The smallest absolute Gasteiger partial charge is 0.346 e. The molecule has 118 valence electrons. The summed E-state index contributed by atoms with van der Waals surface area (Å²) in [6, 6.07) is 1.41. The van der Waals surface area contributed by atoms with Gasteiger partial charge in [0.05, 0.1) is 6.61 Å². The molecule has 0 amide bonds. The lowest BCUT2D eigenvalue weighted by Crippen LogP contribution is -2.30. The van der Waals surface area contributed by atoms with Crippen LogP contribution in [-0.4, -0.2) is 50.6 Å². The lowest BCUT2D eigenvalue weighted by atomic mass is 10.3. The summed E-state index contributed by atoms with van der Waals surface area (Å²) in [4.78, 5) is 11.1. The van der Waals surface area contributed by atoms with E-state index in [2.05, 4.69) is 0 Å². The van der Waals surface area contributed by atoms with Gasteiger partial charge < -0.3 is 9.84 Å². The van der Waals surface area contributed by atoms with Crippen LogP contribution < -0.4 is 0 Å². The van der Waals surface area contributed by atoms with Gasteiger partial charge in [-0.2, -0.15) is 4.31 Å². The van der Waals surface area contributed by atoms with Gasteiger partial charge in [0.1, 0.15) is 9.09 Å². The fraction of sp³-hybridized carbons (Fsp3) is 0.615. The number of nitrogens with zero attached hydrogens (tertiary/aromatic N) is 1. The van der Waals surface area contributed by atoms with Crippen molar-refractivity contribution in [1.82, 2.24) is 4.31 Å². The zero-order valence-corrected chi connectivity index (χ0v) is 13.7. The van der Waals surface area contributed by atoms with Crippen LogP contribution in [0.3, 0.4) is 0 Å². The number of hydrogen-bond acceptors (Lipinski definition) is 5. The van der Waals surface area contributed by atoms with Gasteiger partial charge in [-0.3, -0.25) is 0 Å². The van der Waals surface area contributed by atoms with Crippen LogP contribution in [-0.2, 0) is 14.8 Å². The highest BCUT2D eigenvalue weighted by molar-refractivity contribution is 7.91. The average Bonchev–Trinajstić information content (AvgIpc) is 3.14. The molecule has 1 fully saturated rings. The fourth-order valence-electron chi connectivity index (χ4n) is 1.79. The maximum atomic E-state index is 12.3. The molecule has 0 spiro atoms. The maximum absolute atomic E-state index is 12.3. The fourth-order valence-corrected chi connectivity index (χ4v) is 4.54. The van der Waals surface area contributed by atoms with Gasteiger partial charge in [-0.05, 0) is 37.3 Å². The lowest BCUT2D eigenvalue weighted by Gasteiger charge is -2.15. The quantitative estimate of drug-likeness (QED) is 0.733. The van der Waals surface area contributed by atoms with E-state index in [1.807, 2.05) is 0 Å². The van der Waals surface area contributed by atoms with E-state index in [1.54, 1.807) is 6.92 Å². The number of aryl methyl sites for hydroxylation is 1. The summed E-state index contributed by atoms with van der Waals surface area (Å²) >= 11 is 0.787. The third-order valence-electron chi connectivity index (χ3n) is 3.35. The number of hydrogen-bond donors (Lipinski definition) is 1. The van der Waals surface area contributed by atoms with E-state index in [-0.39, 0.29) is 15.6 Å². The molecule has 0 radical (unpaired) electrons. The van der Waals surface area contributed by atoms with E-state index in [4.69, 9.17) is 9.84 Å². The normalized spacial score (nSPS) is 15.6. The van der Waals surface area contributed by atoms with Crippen molar-refractivity contribution in [3.8, 4) is 0 Å². The Morgan fingerprint density at radius 2 is 2.19 bits per heavy atom. The zero-order chi connectivity index (χ0) is 15.6. The molecule has 0 aromatic carbocycles. The Morgan fingerprint density at radius 3 is 2.71 bits per heavy atom. The van der Waals surface area contributed by atoms with Crippen molar-refractivity contribution >= 4 is 27.3 Å². The molecule has 0 bridgehead atoms. The van der Waals surface area contributed by atoms with Gasteiger partial charge in [-0.15, -0.1) is 11.3 Å². The van der Waals surface area contributed by atoms with Crippen LogP contribution in [0.5, 0.6) is 0 Å². The van der Waals surface area contributed by atoms with Gasteiger partial charge in [0.25, 0.3) is 10.0 Å². The minimum absolute atomic E-state index is 0.0575. The molecule has 0 unspecified atom stereocenters. The van der Waals surface area contributed by atoms with E-state index in [1.165, 1.54) is 30.3 Å². The van der Waals surface area contributed by atoms with Gasteiger partial charge in [-0.25, -0.2) is 13.2 Å². The third-order valence-corrected chi connectivity index (χ3v) is 6.89. The molecule has 1 aromatic heterocycles. The number of likely N-dealkylation sites (N-methyl/N-ethyl adjacent to an activating group) is 1. The van der Waals surface area contributed by atoms with Crippen molar-refractivity contribution in [2.45, 2.75) is 24.0 Å². The van der Waals surface area contributed by atoms with Gasteiger partial charge in [-0.1, -0.05) is 0 Å². The van der Waals surface area contributed by atoms with Crippen molar-refractivity contribution in [1.29, 1.82) is 0 Å². The van der Waals surface area contributed by atoms with E-state index in [0.29, 0.717) is 24.7 Å². The summed E-state index contributed by atoms with van der Waals surface area (Å²) in [6.07, 6.45) is 2.39. The van der Waals surface area contributed by atoms with Gasteiger partial charge >= 0.3 is 5.97 Å². The number of carboxylic acids is 1. The highest BCUT2D eigenvalue weighted by atomic mass is 32.2. The Hall–Kier alpha value is -0.960. The molecule has 2 rings (SSSR count). The Morgan fingerprint density at radius 1 is 1.52 bits per heavy atom. The van der Waals surface area contributed by atoms with E-state index < -0.39 is 16.0 Å². The van der Waals surface area contributed by atoms with Crippen LogP contribution >= 0.6 is 11.3 Å². The Bertz CT molecular complexity index is 619.